The number of fused-ring (bicyclic) bond motifs is 1. The SMILES string of the molecule is CCc1ccc(C(=O)Oc2cc(N)n(S(=O)(=O)c3ccc4ccccc4c3)n2)cc1. The Labute approximate surface area is 173 Å². The van der Waals surface area contributed by atoms with Gasteiger partial charge in [0, 0.05) is 6.07 Å². The summed E-state index contributed by atoms with van der Waals surface area (Å²) in [6.07, 6.45) is 0.850. The number of nitrogen functional groups attached to an aromatic ring is 1. The van der Waals surface area contributed by atoms with E-state index in [-0.39, 0.29) is 16.6 Å². The second-order valence-electron chi connectivity index (χ2n) is 6.70. The molecule has 30 heavy (non-hydrogen) atoms. The van der Waals surface area contributed by atoms with Crippen LogP contribution in [0.15, 0.2) is 77.7 Å². The second-order valence-corrected chi connectivity index (χ2v) is 8.47. The monoisotopic (exact) mass is 421 g/mol. The van der Waals surface area contributed by atoms with Crippen molar-refractivity contribution >= 4 is 32.6 Å². The van der Waals surface area contributed by atoms with Gasteiger partial charge in [0.2, 0.25) is 5.88 Å². The third kappa shape index (κ3) is 3.65. The van der Waals surface area contributed by atoms with Crippen molar-refractivity contribution in [3.05, 3.63) is 83.9 Å². The van der Waals surface area contributed by atoms with Crippen LogP contribution in [0.25, 0.3) is 10.8 Å². The van der Waals surface area contributed by atoms with Gasteiger partial charge in [-0.1, -0.05) is 49.4 Å². The number of carbonyl (C=O) groups excluding carboxylic acids is 1. The molecule has 0 bridgehead atoms. The molecule has 1 heterocycles. The number of aryl methyl sites for hydroxylation is 1. The molecule has 0 aliphatic heterocycles. The number of nitrogens with zero attached hydrogens (tertiary/aromatic N) is 2. The molecule has 8 heteroatoms. The van der Waals surface area contributed by atoms with Crippen molar-refractivity contribution in [2.45, 2.75) is 18.2 Å². The van der Waals surface area contributed by atoms with E-state index in [4.69, 9.17) is 10.5 Å². The van der Waals surface area contributed by atoms with E-state index in [2.05, 4.69) is 5.10 Å². The lowest BCUT2D eigenvalue weighted by atomic mass is 10.1. The maximum atomic E-state index is 13.0. The molecule has 0 amide bonds. The molecule has 7 nitrogen and oxygen atoms in total. The second kappa shape index (κ2) is 7.64. The Balaban J connectivity index is 1.62. The molecule has 0 saturated heterocycles. The third-order valence-electron chi connectivity index (χ3n) is 4.72. The quantitative estimate of drug-likeness (QED) is 0.494. The molecule has 0 spiro atoms. The molecule has 4 aromatic rings. The number of ether oxygens (including phenoxy) is 1. The fourth-order valence-electron chi connectivity index (χ4n) is 3.06. The minimum Gasteiger partial charge on any atom is -0.402 e. The molecule has 3 aromatic carbocycles. The van der Waals surface area contributed by atoms with Crippen molar-refractivity contribution in [3.8, 4) is 5.88 Å². The topological polar surface area (TPSA) is 104 Å². The van der Waals surface area contributed by atoms with E-state index in [0.717, 1.165) is 22.8 Å². The molecule has 0 fully saturated rings. The zero-order valence-electron chi connectivity index (χ0n) is 16.1. The number of benzene rings is 3. The molecule has 0 saturated carbocycles. The van der Waals surface area contributed by atoms with E-state index in [1.165, 1.54) is 12.1 Å². The predicted octanol–water partition coefficient (Wildman–Crippen LogP) is 3.64. The molecular weight excluding hydrogens is 402 g/mol. The van der Waals surface area contributed by atoms with Gasteiger partial charge in [0.1, 0.15) is 5.82 Å². The highest BCUT2D eigenvalue weighted by molar-refractivity contribution is 7.90. The Hall–Kier alpha value is -3.65. The van der Waals surface area contributed by atoms with Crippen molar-refractivity contribution in [1.82, 2.24) is 9.19 Å². The third-order valence-corrected chi connectivity index (χ3v) is 6.32. The number of nitrogens with two attached hydrogens (primary N) is 1. The number of aromatic nitrogens is 2. The highest BCUT2D eigenvalue weighted by Gasteiger charge is 2.23. The van der Waals surface area contributed by atoms with E-state index < -0.39 is 16.0 Å². The summed E-state index contributed by atoms with van der Waals surface area (Å²) in [6, 6.07) is 20.3. The molecule has 0 unspecified atom stereocenters. The normalized spacial score (nSPS) is 11.5. The fraction of sp³-hybridized carbons (Fsp3) is 0.0909. The summed E-state index contributed by atoms with van der Waals surface area (Å²) in [5.74, 6) is -1.00. The van der Waals surface area contributed by atoms with Crippen molar-refractivity contribution in [2.75, 3.05) is 5.73 Å². The summed E-state index contributed by atoms with van der Waals surface area (Å²) in [6.45, 7) is 2.01. The van der Waals surface area contributed by atoms with E-state index in [9.17, 15) is 13.2 Å². The first-order chi connectivity index (χ1) is 14.4. The lowest BCUT2D eigenvalue weighted by molar-refractivity contribution is 0.0727. The summed E-state index contributed by atoms with van der Waals surface area (Å²) in [4.78, 5) is 12.4. The Kier molecular flexibility index (Phi) is 5.01. The Bertz CT molecular complexity index is 1340. The molecule has 1 aromatic heterocycles. The van der Waals surface area contributed by atoms with Crippen LogP contribution in [0.2, 0.25) is 0 Å². The number of anilines is 1. The summed E-state index contributed by atoms with van der Waals surface area (Å²) < 4.78 is 31.9. The first-order valence-electron chi connectivity index (χ1n) is 9.29. The molecule has 152 valence electrons. The molecule has 0 aliphatic carbocycles. The largest absolute Gasteiger partial charge is 0.402 e. The van der Waals surface area contributed by atoms with Gasteiger partial charge in [0.05, 0.1) is 10.5 Å². The van der Waals surface area contributed by atoms with Crippen LogP contribution in [0.4, 0.5) is 5.82 Å². The van der Waals surface area contributed by atoms with Crippen LogP contribution in [-0.4, -0.2) is 23.6 Å². The van der Waals surface area contributed by atoms with Crippen LogP contribution in [0, 0.1) is 0 Å². The smallest absolute Gasteiger partial charge is 0.344 e. The van der Waals surface area contributed by atoms with Crippen molar-refractivity contribution in [2.24, 2.45) is 0 Å². The Morgan fingerprint density at radius 2 is 1.70 bits per heavy atom. The number of esters is 1. The zero-order valence-corrected chi connectivity index (χ0v) is 17.0. The van der Waals surface area contributed by atoms with E-state index in [1.807, 2.05) is 43.3 Å². The lowest BCUT2D eigenvalue weighted by Gasteiger charge is -2.07. The van der Waals surface area contributed by atoms with Crippen molar-refractivity contribution < 1.29 is 17.9 Å². The van der Waals surface area contributed by atoms with Gasteiger partial charge in [0.15, 0.2) is 0 Å². The van der Waals surface area contributed by atoms with Crippen molar-refractivity contribution in [1.29, 1.82) is 0 Å². The summed E-state index contributed by atoms with van der Waals surface area (Å²) in [7, 11) is -4.06. The van der Waals surface area contributed by atoms with Gasteiger partial charge in [-0.25, -0.2) is 4.79 Å². The summed E-state index contributed by atoms with van der Waals surface area (Å²) in [5.41, 5.74) is 7.28. The molecular formula is C22H19N3O4S. The first kappa shape index (κ1) is 19.7. The summed E-state index contributed by atoms with van der Waals surface area (Å²) in [5, 5.41) is 5.58. The maximum Gasteiger partial charge on any atom is 0.344 e. The average Bonchev–Trinajstić information content (AvgIpc) is 3.14. The van der Waals surface area contributed by atoms with Gasteiger partial charge >= 0.3 is 5.97 Å². The van der Waals surface area contributed by atoms with Crippen LogP contribution >= 0.6 is 0 Å². The van der Waals surface area contributed by atoms with Gasteiger partial charge in [-0.3, -0.25) is 0 Å². The van der Waals surface area contributed by atoms with Gasteiger partial charge < -0.3 is 10.5 Å². The molecule has 0 atom stereocenters. The van der Waals surface area contributed by atoms with Crippen LogP contribution in [0.1, 0.15) is 22.8 Å². The number of hydrogen-bond acceptors (Lipinski definition) is 6. The van der Waals surface area contributed by atoms with E-state index >= 15 is 0 Å². The van der Waals surface area contributed by atoms with Gasteiger partial charge in [-0.15, -0.1) is 9.19 Å². The maximum absolute atomic E-state index is 13.0. The Morgan fingerprint density at radius 3 is 2.40 bits per heavy atom. The standard InChI is InChI=1S/C22H19N3O4S/c1-2-15-7-9-17(10-8-15)22(26)29-21-14-20(23)25(24-21)30(27,28)19-12-11-16-5-3-4-6-18(16)13-19/h3-14H,2,23H2,1H3. The minimum absolute atomic E-state index is 0.0315. The highest BCUT2D eigenvalue weighted by Crippen LogP contribution is 2.24. The summed E-state index contributed by atoms with van der Waals surface area (Å²) >= 11 is 0. The molecule has 0 radical (unpaired) electrons. The number of hydrogen-bond donors (Lipinski definition) is 1. The van der Waals surface area contributed by atoms with Crippen LogP contribution in [-0.2, 0) is 16.4 Å². The molecule has 4 rings (SSSR count). The van der Waals surface area contributed by atoms with E-state index in [1.54, 1.807) is 24.3 Å². The van der Waals surface area contributed by atoms with Crippen LogP contribution in [0.3, 0.4) is 0 Å². The lowest BCUT2D eigenvalue weighted by Crippen LogP contribution is -2.17. The van der Waals surface area contributed by atoms with E-state index in [0.29, 0.717) is 9.65 Å². The molecule has 2 N–H and O–H groups in total. The minimum atomic E-state index is -4.06. The van der Waals surface area contributed by atoms with Crippen molar-refractivity contribution in [3.63, 3.8) is 0 Å². The Morgan fingerprint density at radius 1 is 1.00 bits per heavy atom. The predicted molar refractivity (Wildman–Crippen MR) is 114 cm³/mol. The molecule has 0 aliphatic rings. The van der Waals surface area contributed by atoms with Crippen LogP contribution in [0.5, 0.6) is 5.88 Å². The van der Waals surface area contributed by atoms with Gasteiger partial charge in [-0.05, 0) is 47.0 Å². The zero-order chi connectivity index (χ0) is 21.3. The van der Waals surface area contributed by atoms with Gasteiger partial charge in [-0.2, -0.15) is 8.42 Å². The number of carbonyl (C=O) groups is 1. The van der Waals surface area contributed by atoms with Gasteiger partial charge in [0.25, 0.3) is 10.0 Å². The first-order valence-corrected chi connectivity index (χ1v) is 10.7. The van der Waals surface area contributed by atoms with Crippen LogP contribution < -0.4 is 10.5 Å². The fourth-order valence-corrected chi connectivity index (χ4v) is 4.29. The highest BCUT2D eigenvalue weighted by atomic mass is 32.2. The average molecular weight is 421 g/mol. The number of rotatable bonds is 5.